The van der Waals surface area contributed by atoms with Crippen LogP contribution in [0.2, 0.25) is 0 Å². The van der Waals surface area contributed by atoms with Crippen LogP contribution in [0.5, 0.6) is 17.2 Å². The Morgan fingerprint density at radius 3 is 2.67 bits per heavy atom. The molecule has 2 aliphatic heterocycles. The van der Waals surface area contributed by atoms with Gasteiger partial charge in [-0.2, -0.15) is 0 Å². The summed E-state index contributed by atoms with van der Waals surface area (Å²) < 4.78 is 15.7. The smallest absolute Gasteiger partial charge is 0.262 e. The van der Waals surface area contributed by atoms with E-state index >= 15 is 0 Å². The molecule has 0 unspecified atom stereocenters. The maximum Gasteiger partial charge on any atom is 0.262 e. The summed E-state index contributed by atoms with van der Waals surface area (Å²) in [7, 11) is 0. The van der Waals surface area contributed by atoms with Crippen LogP contribution in [-0.4, -0.2) is 31.0 Å². The average molecular weight is 368 g/mol. The van der Waals surface area contributed by atoms with Crippen LogP contribution in [0.25, 0.3) is 0 Å². The number of hydrogen-bond acceptors (Lipinski definition) is 6. The fraction of sp³-hybridized carbons (Fsp3) is 0.211. The number of carbonyl (C=O) groups excluding carboxylic acids is 3. The molecule has 0 radical (unpaired) electrons. The van der Waals surface area contributed by atoms with Gasteiger partial charge in [-0.05, 0) is 30.3 Å². The number of fused-ring (bicyclic) bond motifs is 2. The Morgan fingerprint density at radius 1 is 0.963 bits per heavy atom. The number of Topliss-reactive ketones (excluding diaryl/α,β-unsaturated/α-hetero) is 1. The van der Waals surface area contributed by atoms with Gasteiger partial charge in [0.25, 0.3) is 5.91 Å². The van der Waals surface area contributed by atoms with Crippen molar-refractivity contribution in [2.75, 3.05) is 24.0 Å². The van der Waals surface area contributed by atoms with Crippen LogP contribution < -0.4 is 24.8 Å². The molecule has 2 aromatic rings. The van der Waals surface area contributed by atoms with E-state index < -0.39 is 0 Å². The van der Waals surface area contributed by atoms with E-state index in [2.05, 4.69) is 10.6 Å². The number of rotatable bonds is 5. The molecule has 2 aromatic carbocycles. The van der Waals surface area contributed by atoms with Crippen molar-refractivity contribution in [3.63, 3.8) is 0 Å². The summed E-state index contributed by atoms with van der Waals surface area (Å²) in [5.41, 5.74) is 1.45. The maximum absolute atomic E-state index is 12.4. The predicted molar refractivity (Wildman–Crippen MR) is 95.3 cm³/mol. The van der Waals surface area contributed by atoms with Crippen LogP contribution >= 0.6 is 0 Å². The number of carbonyl (C=O) groups is 3. The van der Waals surface area contributed by atoms with Gasteiger partial charge < -0.3 is 24.8 Å². The van der Waals surface area contributed by atoms with Gasteiger partial charge in [-0.15, -0.1) is 0 Å². The molecule has 8 heteroatoms. The molecule has 0 fully saturated rings. The third kappa shape index (κ3) is 3.69. The lowest BCUT2D eigenvalue weighted by atomic mass is 10.0. The first kappa shape index (κ1) is 16.9. The zero-order valence-electron chi connectivity index (χ0n) is 14.2. The summed E-state index contributed by atoms with van der Waals surface area (Å²) in [5, 5.41) is 5.39. The van der Waals surface area contributed by atoms with Gasteiger partial charge in [-0.1, -0.05) is 0 Å². The predicted octanol–water partition coefficient (Wildman–Crippen LogP) is 2.35. The Labute approximate surface area is 154 Å². The maximum atomic E-state index is 12.4. The molecule has 27 heavy (non-hydrogen) atoms. The van der Waals surface area contributed by atoms with Gasteiger partial charge >= 0.3 is 0 Å². The molecule has 2 amide bonds. The van der Waals surface area contributed by atoms with Gasteiger partial charge in [0.1, 0.15) is 5.75 Å². The van der Waals surface area contributed by atoms with Crippen molar-refractivity contribution in [2.45, 2.75) is 12.8 Å². The number of benzene rings is 2. The lowest BCUT2D eigenvalue weighted by Gasteiger charge is -2.18. The van der Waals surface area contributed by atoms with E-state index in [1.54, 1.807) is 36.4 Å². The van der Waals surface area contributed by atoms with Crippen molar-refractivity contribution < 1.29 is 28.6 Å². The van der Waals surface area contributed by atoms with Crippen molar-refractivity contribution in [2.24, 2.45) is 0 Å². The summed E-state index contributed by atoms with van der Waals surface area (Å²) in [5.74, 6) is 0.978. The topological polar surface area (TPSA) is 103 Å². The van der Waals surface area contributed by atoms with Crippen LogP contribution in [-0.2, 0) is 9.59 Å². The van der Waals surface area contributed by atoms with E-state index in [1.165, 1.54) is 0 Å². The molecule has 4 rings (SSSR count). The van der Waals surface area contributed by atoms with Crippen molar-refractivity contribution in [1.29, 1.82) is 0 Å². The Hall–Kier alpha value is -3.55. The van der Waals surface area contributed by atoms with Gasteiger partial charge in [0.15, 0.2) is 23.9 Å². The second-order valence-electron chi connectivity index (χ2n) is 6.09. The van der Waals surface area contributed by atoms with E-state index in [0.29, 0.717) is 34.2 Å². The second-order valence-corrected chi connectivity index (χ2v) is 6.09. The molecule has 8 nitrogen and oxygen atoms in total. The molecule has 0 bridgehead atoms. The highest BCUT2D eigenvalue weighted by molar-refractivity contribution is 6.02. The van der Waals surface area contributed by atoms with Crippen LogP contribution in [0.3, 0.4) is 0 Å². The lowest BCUT2D eigenvalue weighted by Crippen LogP contribution is -2.25. The molecule has 0 aromatic heterocycles. The highest BCUT2D eigenvalue weighted by Gasteiger charge is 2.19. The number of hydrogen-bond donors (Lipinski definition) is 2. The quantitative estimate of drug-likeness (QED) is 0.786. The summed E-state index contributed by atoms with van der Waals surface area (Å²) in [4.78, 5) is 35.8. The Bertz CT molecular complexity index is 940. The summed E-state index contributed by atoms with van der Waals surface area (Å²) in [6.45, 7) is 0.119. The summed E-state index contributed by atoms with van der Waals surface area (Å²) >= 11 is 0. The third-order valence-corrected chi connectivity index (χ3v) is 4.17. The van der Waals surface area contributed by atoms with Crippen molar-refractivity contribution in [1.82, 2.24) is 0 Å². The van der Waals surface area contributed by atoms with E-state index in [0.717, 1.165) is 0 Å². The second kappa shape index (κ2) is 6.99. The summed E-state index contributed by atoms with van der Waals surface area (Å²) in [6, 6.07) is 9.91. The monoisotopic (exact) mass is 368 g/mol. The molecular weight excluding hydrogens is 352 g/mol. The van der Waals surface area contributed by atoms with Crippen LogP contribution in [0.15, 0.2) is 36.4 Å². The number of ether oxygens (including phenoxy) is 3. The minimum atomic E-state index is -0.281. The largest absolute Gasteiger partial charge is 0.482 e. The van der Waals surface area contributed by atoms with E-state index in [4.69, 9.17) is 14.2 Å². The van der Waals surface area contributed by atoms with Gasteiger partial charge in [0, 0.05) is 30.2 Å². The first-order chi connectivity index (χ1) is 13.1. The minimum Gasteiger partial charge on any atom is -0.482 e. The normalized spacial score (nSPS) is 14.0. The Kier molecular flexibility index (Phi) is 4.37. The average Bonchev–Trinajstić information content (AvgIpc) is 3.13. The van der Waals surface area contributed by atoms with Gasteiger partial charge in [0.05, 0.1) is 5.69 Å². The first-order valence-corrected chi connectivity index (χ1v) is 8.38. The Morgan fingerprint density at radius 2 is 1.78 bits per heavy atom. The molecule has 0 saturated heterocycles. The SMILES string of the molecule is O=C(CCC(=O)c1ccc2c(c1)NC(=O)CO2)Nc1ccc2c(c1)OCO2. The molecule has 2 heterocycles. The molecular formula is C19H16N2O6. The fourth-order valence-corrected chi connectivity index (χ4v) is 2.83. The number of anilines is 2. The molecule has 2 aliphatic rings. The highest BCUT2D eigenvalue weighted by atomic mass is 16.7. The van der Waals surface area contributed by atoms with Crippen LogP contribution in [0.4, 0.5) is 11.4 Å². The molecule has 0 aliphatic carbocycles. The highest BCUT2D eigenvalue weighted by Crippen LogP contribution is 2.34. The van der Waals surface area contributed by atoms with E-state index in [-0.39, 0.29) is 43.8 Å². The third-order valence-electron chi connectivity index (χ3n) is 4.17. The number of amides is 2. The van der Waals surface area contributed by atoms with E-state index in [1.807, 2.05) is 0 Å². The standard InChI is InChI=1S/C19H16N2O6/c22-14(11-1-4-15-13(7-11)21-19(24)9-25-15)3-6-18(23)20-12-2-5-16-17(8-12)27-10-26-16/h1-2,4-5,7-8H,3,6,9-10H2,(H,20,23)(H,21,24). The first-order valence-electron chi connectivity index (χ1n) is 8.38. The molecule has 0 spiro atoms. The van der Waals surface area contributed by atoms with Crippen molar-refractivity contribution in [3.05, 3.63) is 42.0 Å². The van der Waals surface area contributed by atoms with Crippen LogP contribution in [0, 0.1) is 0 Å². The zero-order chi connectivity index (χ0) is 18.8. The van der Waals surface area contributed by atoms with Gasteiger partial charge in [-0.25, -0.2) is 0 Å². The van der Waals surface area contributed by atoms with Crippen molar-refractivity contribution >= 4 is 29.0 Å². The molecule has 0 saturated carbocycles. The van der Waals surface area contributed by atoms with Crippen molar-refractivity contribution in [3.8, 4) is 17.2 Å². The number of nitrogens with one attached hydrogen (secondary N) is 2. The van der Waals surface area contributed by atoms with Crippen LogP contribution in [0.1, 0.15) is 23.2 Å². The van der Waals surface area contributed by atoms with Gasteiger partial charge in [-0.3, -0.25) is 14.4 Å². The Balaban J connectivity index is 1.34. The molecule has 2 N–H and O–H groups in total. The van der Waals surface area contributed by atoms with E-state index in [9.17, 15) is 14.4 Å². The minimum absolute atomic E-state index is 0.0349. The lowest BCUT2D eigenvalue weighted by molar-refractivity contribution is -0.118. The zero-order valence-corrected chi connectivity index (χ0v) is 14.2. The fourth-order valence-electron chi connectivity index (χ4n) is 2.83. The number of ketones is 1. The summed E-state index contributed by atoms with van der Waals surface area (Å²) in [6.07, 6.45) is 0.0806. The molecule has 138 valence electrons. The molecule has 0 atom stereocenters. The van der Waals surface area contributed by atoms with Gasteiger partial charge in [0.2, 0.25) is 12.7 Å².